The Bertz CT molecular complexity index is 814. The Hall–Kier alpha value is -3.02. The minimum Gasteiger partial charge on any atom is -0.497 e. The lowest BCUT2D eigenvalue weighted by molar-refractivity contribution is -0.122. The van der Waals surface area contributed by atoms with Crippen molar-refractivity contribution < 1.29 is 14.3 Å². The van der Waals surface area contributed by atoms with E-state index in [2.05, 4.69) is 24.1 Å². The molecule has 148 valence electrons. The number of methoxy groups -OCH3 is 1. The van der Waals surface area contributed by atoms with Crippen LogP contribution in [-0.4, -0.2) is 38.6 Å². The highest BCUT2D eigenvalue weighted by Gasteiger charge is 2.35. The molecule has 0 saturated carbocycles. The van der Waals surface area contributed by atoms with Crippen LogP contribution in [0.25, 0.3) is 0 Å². The molecule has 1 atom stereocenters. The molecule has 2 aromatic rings. The second-order valence-corrected chi connectivity index (χ2v) is 6.81. The summed E-state index contributed by atoms with van der Waals surface area (Å²) in [5, 5.41) is 2.89. The van der Waals surface area contributed by atoms with Crippen LogP contribution in [0.1, 0.15) is 20.3 Å². The zero-order chi connectivity index (χ0) is 20.1. The highest BCUT2D eigenvalue weighted by molar-refractivity contribution is 6.03. The molecule has 0 radical (unpaired) electrons. The van der Waals surface area contributed by atoms with E-state index in [1.807, 2.05) is 24.3 Å². The van der Waals surface area contributed by atoms with Gasteiger partial charge in [0.15, 0.2) is 0 Å². The van der Waals surface area contributed by atoms with Crippen molar-refractivity contribution in [1.82, 2.24) is 0 Å². The Balaban J connectivity index is 1.64. The summed E-state index contributed by atoms with van der Waals surface area (Å²) in [4.78, 5) is 29.0. The molecular weight excluding hydrogens is 354 g/mol. The number of amides is 2. The molecule has 28 heavy (non-hydrogen) atoms. The molecule has 1 heterocycles. The lowest BCUT2D eigenvalue weighted by atomic mass is 10.1. The van der Waals surface area contributed by atoms with Crippen LogP contribution in [0, 0.1) is 5.92 Å². The first-order valence-electron chi connectivity index (χ1n) is 9.66. The third-order valence-corrected chi connectivity index (χ3v) is 5.14. The molecule has 6 nitrogen and oxygen atoms in total. The third kappa shape index (κ3) is 4.27. The molecule has 2 amide bonds. The zero-order valence-corrected chi connectivity index (χ0v) is 16.6. The Morgan fingerprint density at radius 3 is 2.32 bits per heavy atom. The summed E-state index contributed by atoms with van der Waals surface area (Å²) >= 11 is 0. The van der Waals surface area contributed by atoms with Crippen LogP contribution in [-0.2, 0) is 9.59 Å². The zero-order valence-electron chi connectivity index (χ0n) is 16.6. The first-order chi connectivity index (χ1) is 13.5. The van der Waals surface area contributed by atoms with Gasteiger partial charge < -0.3 is 19.9 Å². The minimum atomic E-state index is -0.364. The molecule has 2 aromatic carbocycles. The number of ether oxygens (including phenoxy) is 1. The van der Waals surface area contributed by atoms with E-state index in [1.54, 1.807) is 36.3 Å². The van der Waals surface area contributed by atoms with Crippen LogP contribution >= 0.6 is 0 Å². The summed E-state index contributed by atoms with van der Waals surface area (Å²) in [5.74, 6) is 0.205. The predicted molar refractivity (Wildman–Crippen MR) is 112 cm³/mol. The van der Waals surface area contributed by atoms with Crippen molar-refractivity contribution in [2.24, 2.45) is 5.92 Å². The monoisotopic (exact) mass is 381 g/mol. The van der Waals surface area contributed by atoms with Gasteiger partial charge in [0.1, 0.15) is 5.75 Å². The van der Waals surface area contributed by atoms with E-state index in [1.165, 1.54) is 0 Å². The maximum atomic E-state index is 12.6. The Morgan fingerprint density at radius 1 is 1.11 bits per heavy atom. The van der Waals surface area contributed by atoms with Crippen molar-refractivity contribution in [2.75, 3.05) is 41.9 Å². The van der Waals surface area contributed by atoms with E-state index in [0.29, 0.717) is 12.2 Å². The molecule has 6 heteroatoms. The first kappa shape index (κ1) is 19.7. The number of nitrogens with one attached hydrogen (secondary N) is 1. The average Bonchev–Trinajstić information content (AvgIpc) is 3.12. The fourth-order valence-electron chi connectivity index (χ4n) is 3.48. The average molecular weight is 381 g/mol. The van der Waals surface area contributed by atoms with Gasteiger partial charge in [-0.05, 0) is 62.4 Å². The molecule has 1 unspecified atom stereocenters. The van der Waals surface area contributed by atoms with Crippen molar-refractivity contribution in [2.45, 2.75) is 20.3 Å². The molecule has 0 bridgehead atoms. The number of anilines is 3. The summed E-state index contributed by atoms with van der Waals surface area (Å²) in [7, 11) is 1.60. The Labute approximate surface area is 166 Å². The summed E-state index contributed by atoms with van der Waals surface area (Å²) in [6.07, 6.45) is 0.222. The molecule has 1 aliphatic rings. The van der Waals surface area contributed by atoms with Crippen molar-refractivity contribution >= 4 is 28.9 Å². The predicted octanol–water partition coefficient (Wildman–Crippen LogP) is 3.53. The lowest BCUT2D eigenvalue weighted by Gasteiger charge is -2.22. The fourth-order valence-corrected chi connectivity index (χ4v) is 3.48. The van der Waals surface area contributed by atoms with Gasteiger partial charge in [-0.2, -0.15) is 0 Å². The number of rotatable bonds is 7. The van der Waals surface area contributed by atoms with Gasteiger partial charge in [-0.3, -0.25) is 9.59 Å². The topological polar surface area (TPSA) is 61.9 Å². The van der Waals surface area contributed by atoms with Crippen molar-refractivity contribution in [1.29, 1.82) is 0 Å². The van der Waals surface area contributed by atoms with Crippen molar-refractivity contribution in [3.05, 3.63) is 48.5 Å². The van der Waals surface area contributed by atoms with Gasteiger partial charge in [0.05, 0.1) is 13.0 Å². The van der Waals surface area contributed by atoms with Crippen molar-refractivity contribution in [3.8, 4) is 5.75 Å². The molecule has 1 N–H and O–H groups in total. The van der Waals surface area contributed by atoms with Gasteiger partial charge in [0, 0.05) is 43.1 Å². The van der Waals surface area contributed by atoms with Crippen LogP contribution in [0.3, 0.4) is 0 Å². The number of carbonyl (C=O) groups excluding carboxylic acids is 2. The smallest absolute Gasteiger partial charge is 0.229 e. The molecule has 0 aliphatic carbocycles. The summed E-state index contributed by atoms with van der Waals surface area (Å²) in [5.41, 5.74) is 2.66. The summed E-state index contributed by atoms with van der Waals surface area (Å²) < 4.78 is 5.12. The van der Waals surface area contributed by atoms with Gasteiger partial charge in [0.25, 0.3) is 0 Å². The summed E-state index contributed by atoms with van der Waals surface area (Å²) in [6.45, 7) is 6.50. The highest BCUT2D eigenvalue weighted by atomic mass is 16.5. The quantitative estimate of drug-likeness (QED) is 0.797. The van der Waals surface area contributed by atoms with Gasteiger partial charge in [-0.1, -0.05) is 0 Å². The minimum absolute atomic E-state index is 0.0227. The van der Waals surface area contributed by atoms with Crippen LogP contribution in [0.4, 0.5) is 17.1 Å². The number of hydrogen-bond acceptors (Lipinski definition) is 4. The van der Waals surface area contributed by atoms with Crippen molar-refractivity contribution in [3.63, 3.8) is 0 Å². The van der Waals surface area contributed by atoms with Gasteiger partial charge in [-0.15, -0.1) is 0 Å². The molecular formula is C22H27N3O3. The normalized spacial score (nSPS) is 16.2. The van der Waals surface area contributed by atoms with Crippen LogP contribution in [0.2, 0.25) is 0 Å². The molecule has 1 saturated heterocycles. The van der Waals surface area contributed by atoms with Gasteiger partial charge >= 0.3 is 0 Å². The first-order valence-corrected chi connectivity index (χ1v) is 9.66. The summed E-state index contributed by atoms with van der Waals surface area (Å²) in [6, 6.07) is 15.1. The van der Waals surface area contributed by atoms with E-state index in [0.717, 1.165) is 30.2 Å². The Kier molecular flexibility index (Phi) is 6.19. The van der Waals surface area contributed by atoms with Gasteiger partial charge in [-0.25, -0.2) is 0 Å². The maximum absolute atomic E-state index is 12.6. The number of carbonyl (C=O) groups is 2. The largest absolute Gasteiger partial charge is 0.497 e. The molecule has 1 fully saturated rings. The van der Waals surface area contributed by atoms with E-state index in [9.17, 15) is 9.59 Å². The maximum Gasteiger partial charge on any atom is 0.229 e. The third-order valence-electron chi connectivity index (χ3n) is 5.14. The SMILES string of the molecule is CCN(CC)c1ccc(N2CC(C(=O)Nc3ccc(OC)cc3)CC2=O)cc1. The second kappa shape index (κ2) is 8.78. The number of benzene rings is 2. The number of nitrogens with zero attached hydrogens (tertiary/aromatic N) is 2. The van der Waals surface area contributed by atoms with Gasteiger partial charge in [0.2, 0.25) is 11.8 Å². The second-order valence-electron chi connectivity index (χ2n) is 6.81. The van der Waals surface area contributed by atoms with Crippen LogP contribution in [0.15, 0.2) is 48.5 Å². The standard InChI is InChI=1S/C22H27N3O3/c1-4-24(5-2)18-8-10-19(11-9-18)25-15-16(14-21(25)26)22(27)23-17-6-12-20(28-3)13-7-17/h6-13,16H,4-5,14-15H2,1-3H3,(H,23,27). The van der Waals surface area contributed by atoms with Crippen LogP contribution in [0.5, 0.6) is 5.75 Å². The highest BCUT2D eigenvalue weighted by Crippen LogP contribution is 2.28. The van der Waals surface area contributed by atoms with E-state index in [-0.39, 0.29) is 24.2 Å². The molecule has 0 aromatic heterocycles. The molecule has 3 rings (SSSR count). The Morgan fingerprint density at radius 2 is 1.75 bits per heavy atom. The van der Waals surface area contributed by atoms with E-state index in [4.69, 9.17) is 4.74 Å². The number of hydrogen-bond donors (Lipinski definition) is 1. The van der Waals surface area contributed by atoms with E-state index < -0.39 is 0 Å². The molecule has 0 spiro atoms. The lowest BCUT2D eigenvalue weighted by Crippen LogP contribution is -2.28. The molecule has 1 aliphatic heterocycles. The van der Waals surface area contributed by atoms with E-state index >= 15 is 0 Å². The fraction of sp³-hybridized carbons (Fsp3) is 0.364. The van der Waals surface area contributed by atoms with Crippen LogP contribution < -0.4 is 19.9 Å².